The number of nitrogens with zero attached hydrogens (tertiary/aromatic N) is 1. The van der Waals surface area contributed by atoms with Crippen molar-refractivity contribution in [1.29, 1.82) is 0 Å². The van der Waals surface area contributed by atoms with E-state index in [4.69, 9.17) is 10.5 Å². The number of amides is 1. The number of nitrogens with one attached hydrogen (secondary N) is 1. The fourth-order valence-corrected chi connectivity index (χ4v) is 3.06. The number of anilines is 2. The number of aromatic nitrogens is 1. The molecule has 1 heterocycles. The largest absolute Gasteiger partial charge is 0.444 e. The molecule has 0 radical (unpaired) electrons. The van der Waals surface area contributed by atoms with Crippen LogP contribution in [0.15, 0.2) is 42.5 Å². The Labute approximate surface area is 144 Å². The van der Waals surface area contributed by atoms with E-state index in [9.17, 15) is 4.79 Å². The van der Waals surface area contributed by atoms with Crippen LogP contribution in [-0.2, 0) is 4.74 Å². The number of carbonyl (C=O) groups is 1. The Bertz CT molecular complexity index is 879. The summed E-state index contributed by atoms with van der Waals surface area (Å²) >= 11 is 1.47. The fourth-order valence-electron chi connectivity index (χ4n) is 2.29. The van der Waals surface area contributed by atoms with Crippen molar-refractivity contribution in [2.45, 2.75) is 26.4 Å². The Morgan fingerprint density at radius 2 is 1.79 bits per heavy atom. The number of benzene rings is 2. The minimum Gasteiger partial charge on any atom is -0.444 e. The van der Waals surface area contributed by atoms with Crippen molar-refractivity contribution in [2.24, 2.45) is 0 Å². The lowest BCUT2D eigenvalue weighted by Crippen LogP contribution is -2.27. The van der Waals surface area contributed by atoms with Crippen molar-refractivity contribution < 1.29 is 9.53 Å². The molecule has 6 heteroatoms. The number of ether oxygens (including phenoxy) is 1. The van der Waals surface area contributed by atoms with E-state index >= 15 is 0 Å². The van der Waals surface area contributed by atoms with Crippen LogP contribution in [0.4, 0.5) is 15.6 Å². The number of thiazole rings is 1. The molecule has 1 aromatic heterocycles. The second-order valence-corrected chi connectivity index (χ2v) is 7.50. The van der Waals surface area contributed by atoms with Crippen molar-refractivity contribution in [3.63, 3.8) is 0 Å². The average Bonchev–Trinajstić information content (AvgIpc) is 2.85. The highest BCUT2D eigenvalue weighted by Crippen LogP contribution is 2.29. The van der Waals surface area contributed by atoms with Gasteiger partial charge in [-0.3, -0.25) is 5.32 Å². The van der Waals surface area contributed by atoms with Gasteiger partial charge in [0, 0.05) is 5.69 Å². The molecule has 0 bridgehead atoms. The smallest absolute Gasteiger partial charge is 0.412 e. The summed E-state index contributed by atoms with van der Waals surface area (Å²) in [7, 11) is 0. The third kappa shape index (κ3) is 3.83. The van der Waals surface area contributed by atoms with Crippen LogP contribution >= 0.6 is 11.3 Å². The van der Waals surface area contributed by atoms with Crippen molar-refractivity contribution in [3.8, 4) is 11.1 Å². The van der Waals surface area contributed by atoms with Crippen molar-refractivity contribution in [2.75, 3.05) is 11.1 Å². The monoisotopic (exact) mass is 341 g/mol. The lowest BCUT2D eigenvalue weighted by molar-refractivity contribution is 0.0636. The molecule has 5 nitrogen and oxygen atoms in total. The summed E-state index contributed by atoms with van der Waals surface area (Å²) in [5.74, 6) is 0. The van der Waals surface area contributed by atoms with Crippen LogP contribution in [0.1, 0.15) is 20.8 Å². The van der Waals surface area contributed by atoms with Crippen LogP contribution in [0, 0.1) is 0 Å². The second-order valence-electron chi connectivity index (χ2n) is 6.44. The van der Waals surface area contributed by atoms with Gasteiger partial charge in [-0.2, -0.15) is 0 Å². The van der Waals surface area contributed by atoms with Gasteiger partial charge in [0.1, 0.15) is 5.60 Å². The summed E-state index contributed by atoms with van der Waals surface area (Å²) in [6, 6.07) is 13.7. The van der Waals surface area contributed by atoms with E-state index < -0.39 is 11.7 Å². The van der Waals surface area contributed by atoms with E-state index in [1.165, 1.54) is 11.3 Å². The van der Waals surface area contributed by atoms with Crippen LogP contribution in [-0.4, -0.2) is 16.7 Å². The molecule has 124 valence electrons. The molecule has 24 heavy (non-hydrogen) atoms. The van der Waals surface area contributed by atoms with Gasteiger partial charge in [0.15, 0.2) is 5.13 Å². The molecule has 0 aliphatic carbocycles. The number of carbonyl (C=O) groups excluding carboxylic acids is 1. The Morgan fingerprint density at radius 1 is 1.12 bits per heavy atom. The topological polar surface area (TPSA) is 77.2 Å². The molecule has 3 rings (SSSR count). The van der Waals surface area contributed by atoms with Gasteiger partial charge in [0.05, 0.1) is 10.2 Å². The molecule has 0 atom stereocenters. The highest BCUT2D eigenvalue weighted by Gasteiger charge is 2.16. The number of fused-ring (bicyclic) bond motifs is 1. The SMILES string of the molecule is CC(C)(C)OC(=O)Nc1ccc(-c2ccc3nc(N)sc3c2)cc1. The van der Waals surface area contributed by atoms with Gasteiger partial charge in [-0.25, -0.2) is 9.78 Å². The minimum absolute atomic E-state index is 0.461. The first-order valence-electron chi connectivity index (χ1n) is 7.57. The zero-order valence-electron chi connectivity index (χ0n) is 13.8. The number of nitrogen functional groups attached to an aromatic ring is 1. The van der Waals surface area contributed by atoms with Crippen LogP contribution in [0.3, 0.4) is 0 Å². The normalized spacial score (nSPS) is 11.5. The van der Waals surface area contributed by atoms with Crippen LogP contribution in [0.2, 0.25) is 0 Å². The Kier molecular flexibility index (Phi) is 4.15. The highest BCUT2D eigenvalue weighted by molar-refractivity contribution is 7.22. The molecule has 0 spiro atoms. The summed E-state index contributed by atoms with van der Waals surface area (Å²) in [6.45, 7) is 5.49. The Morgan fingerprint density at radius 3 is 2.46 bits per heavy atom. The zero-order valence-corrected chi connectivity index (χ0v) is 14.6. The van der Waals surface area contributed by atoms with E-state index in [1.807, 2.05) is 57.2 Å². The van der Waals surface area contributed by atoms with Gasteiger partial charge in [-0.1, -0.05) is 29.5 Å². The van der Waals surface area contributed by atoms with Crippen LogP contribution in [0.25, 0.3) is 21.3 Å². The maximum absolute atomic E-state index is 11.8. The summed E-state index contributed by atoms with van der Waals surface area (Å²) in [5.41, 5.74) is 8.96. The third-order valence-corrected chi connectivity index (χ3v) is 4.12. The van der Waals surface area contributed by atoms with E-state index in [0.717, 1.165) is 21.3 Å². The number of hydrogen-bond acceptors (Lipinski definition) is 5. The van der Waals surface area contributed by atoms with Crippen molar-refractivity contribution >= 4 is 38.5 Å². The third-order valence-electron chi connectivity index (χ3n) is 3.27. The molecule has 0 aliphatic rings. The standard InChI is InChI=1S/C18H19N3O2S/c1-18(2,3)23-17(22)20-13-7-4-11(5-8-13)12-6-9-14-15(10-12)24-16(19)21-14/h4-10H,1-3H3,(H2,19,21)(H,20,22). The average molecular weight is 341 g/mol. The van der Waals surface area contributed by atoms with Gasteiger partial charge in [-0.05, 0) is 56.2 Å². The number of hydrogen-bond donors (Lipinski definition) is 2. The maximum atomic E-state index is 11.8. The first-order chi connectivity index (χ1) is 11.3. The lowest BCUT2D eigenvalue weighted by Gasteiger charge is -2.19. The maximum Gasteiger partial charge on any atom is 0.412 e. The Hall–Kier alpha value is -2.60. The van der Waals surface area contributed by atoms with Crippen molar-refractivity contribution in [1.82, 2.24) is 4.98 Å². The molecule has 3 aromatic rings. The van der Waals surface area contributed by atoms with E-state index in [0.29, 0.717) is 10.8 Å². The minimum atomic E-state index is -0.518. The summed E-state index contributed by atoms with van der Waals surface area (Å²) < 4.78 is 6.30. The zero-order chi connectivity index (χ0) is 17.3. The van der Waals surface area contributed by atoms with E-state index in [2.05, 4.69) is 16.4 Å². The molecule has 1 amide bonds. The van der Waals surface area contributed by atoms with E-state index in [1.54, 1.807) is 0 Å². The quantitative estimate of drug-likeness (QED) is 0.695. The Balaban J connectivity index is 1.76. The molecule has 2 aromatic carbocycles. The van der Waals surface area contributed by atoms with Gasteiger partial charge < -0.3 is 10.5 Å². The molecule has 0 unspecified atom stereocenters. The first kappa shape index (κ1) is 16.3. The number of rotatable bonds is 2. The highest BCUT2D eigenvalue weighted by atomic mass is 32.1. The van der Waals surface area contributed by atoms with Gasteiger partial charge in [0.2, 0.25) is 0 Å². The van der Waals surface area contributed by atoms with Crippen LogP contribution < -0.4 is 11.1 Å². The number of nitrogens with two attached hydrogens (primary N) is 1. The summed E-state index contributed by atoms with van der Waals surface area (Å²) in [4.78, 5) is 16.0. The van der Waals surface area contributed by atoms with E-state index in [-0.39, 0.29) is 0 Å². The molecular formula is C18H19N3O2S. The molecule has 0 aliphatic heterocycles. The van der Waals surface area contributed by atoms with Crippen molar-refractivity contribution in [3.05, 3.63) is 42.5 Å². The van der Waals surface area contributed by atoms with Gasteiger partial charge >= 0.3 is 6.09 Å². The molecule has 3 N–H and O–H groups in total. The summed E-state index contributed by atoms with van der Waals surface area (Å²) in [6.07, 6.45) is -0.461. The summed E-state index contributed by atoms with van der Waals surface area (Å²) in [5, 5.41) is 3.29. The molecular weight excluding hydrogens is 322 g/mol. The molecule has 0 fully saturated rings. The van der Waals surface area contributed by atoms with Crippen LogP contribution in [0.5, 0.6) is 0 Å². The fraction of sp³-hybridized carbons (Fsp3) is 0.222. The lowest BCUT2D eigenvalue weighted by atomic mass is 10.1. The van der Waals surface area contributed by atoms with Gasteiger partial charge in [0.25, 0.3) is 0 Å². The predicted octanol–water partition coefficient (Wildman–Crippen LogP) is 4.89. The second kappa shape index (κ2) is 6.13. The molecule has 0 saturated carbocycles. The first-order valence-corrected chi connectivity index (χ1v) is 8.38. The predicted molar refractivity (Wildman–Crippen MR) is 99.3 cm³/mol. The van der Waals surface area contributed by atoms with Gasteiger partial charge in [-0.15, -0.1) is 0 Å². The molecule has 0 saturated heterocycles.